The van der Waals surface area contributed by atoms with Crippen LogP contribution < -0.4 is 4.74 Å². The van der Waals surface area contributed by atoms with E-state index >= 15 is 0 Å². The number of rotatable bonds is 10. The molecule has 0 radical (unpaired) electrons. The third-order valence-electron chi connectivity index (χ3n) is 5.82. The number of carbonyl (C=O) groups is 1. The molecule has 0 aliphatic carbocycles. The monoisotopic (exact) mass is 474 g/mol. The van der Waals surface area contributed by atoms with Crippen molar-refractivity contribution < 1.29 is 23.1 Å². The minimum Gasteiger partial charge on any atom is -0.493 e. The van der Waals surface area contributed by atoms with Crippen LogP contribution in [0.1, 0.15) is 37.0 Å². The highest BCUT2D eigenvalue weighted by Crippen LogP contribution is 2.25. The van der Waals surface area contributed by atoms with Gasteiger partial charge in [0.2, 0.25) is 10.0 Å². The highest BCUT2D eigenvalue weighted by Gasteiger charge is 2.28. The van der Waals surface area contributed by atoms with Gasteiger partial charge in [-0.15, -0.1) is 0 Å². The third kappa shape index (κ3) is 7.03. The van der Waals surface area contributed by atoms with Crippen molar-refractivity contribution in [1.82, 2.24) is 9.21 Å². The molecule has 0 saturated carbocycles. The molecule has 3 rings (SSSR count). The van der Waals surface area contributed by atoms with Gasteiger partial charge < -0.3 is 9.84 Å². The van der Waals surface area contributed by atoms with Crippen molar-refractivity contribution >= 4 is 16.0 Å². The third-order valence-corrected chi connectivity index (χ3v) is 7.73. The predicted molar refractivity (Wildman–Crippen MR) is 128 cm³/mol. The highest BCUT2D eigenvalue weighted by atomic mass is 32.2. The van der Waals surface area contributed by atoms with E-state index < -0.39 is 16.0 Å². The van der Waals surface area contributed by atoms with Crippen LogP contribution in [0.3, 0.4) is 0 Å². The van der Waals surface area contributed by atoms with Gasteiger partial charge in [0.25, 0.3) is 0 Å². The number of piperazine rings is 1. The molecular weight excluding hydrogens is 440 g/mol. The predicted octanol–water partition coefficient (Wildman–Crippen LogP) is 3.55. The van der Waals surface area contributed by atoms with Crippen molar-refractivity contribution in [3.8, 4) is 5.75 Å². The summed E-state index contributed by atoms with van der Waals surface area (Å²) < 4.78 is 33.5. The number of aryl methyl sites for hydroxylation is 1. The molecule has 33 heavy (non-hydrogen) atoms. The van der Waals surface area contributed by atoms with E-state index in [0.717, 1.165) is 28.9 Å². The summed E-state index contributed by atoms with van der Waals surface area (Å²) in [6, 6.07) is 12.5. The largest absolute Gasteiger partial charge is 0.493 e. The standard InChI is InChI=1S/C25H34N2O5S/c1-19(2)10-15-32-24-9-6-21(17-25(28)29)16-22(24)18-26-11-13-27(14-12-26)33(30,31)23-7-4-20(3)5-8-23/h4-9,16,19H,10-15,17-18H2,1-3H3,(H,28,29). The fraction of sp³-hybridized carbons (Fsp3) is 0.480. The summed E-state index contributed by atoms with van der Waals surface area (Å²) in [5.41, 5.74) is 2.69. The Balaban J connectivity index is 1.67. The Hall–Kier alpha value is -2.42. The van der Waals surface area contributed by atoms with Crippen molar-refractivity contribution in [2.45, 2.75) is 45.1 Å². The van der Waals surface area contributed by atoms with Crippen molar-refractivity contribution in [3.05, 3.63) is 59.2 Å². The molecule has 1 saturated heterocycles. The number of benzene rings is 2. The molecule has 1 heterocycles. The lowest BCUT2D eigenvalue weighted by atomic mass is 10.1. The fourth-order valence-electron chi connectivity index (χ4n) is 3.81. The number of nitrogens with zero attached hydrogens (tertiary/aromatic N) is 2. The van der Waals surface area contributed by atoms with Gasteiger partial charge in [0.15, 0.2) is 0 Å². The van der Waals surface area contributed by atoms with E-state index in [4.69, 9.17) is 9.84 Å². The molecule has 180 valence electrons. The molecule has 1 aliphatic rings. The lowest BCUT2D eigenvalue weighted by molar-refractivity contribution is -0.136. The summed E-state index contributed by atoms with van der Waals surface area (Å²) in [5.74, 6) is 0.423. The van der Waals surface area contributed by atoms with Gasteiger partial charge in [-0.3, -0.25) is 9.69 Å². The van der Waals surface area contributed by atoms with Gasteiger partial charge in [0.05, 0.1) is 17.9 Å². The Bertz CT molecular complexity index is 1040. The van der Waals surface area contributed by atoms with Crippen LogP contribution in [0, 0.1) is 12.8 Å². The first-order valence-electron chi connectivity index (χ1n) is 11.4. The Labute approximate surface area is 197 Å². The second-order valence-electron chi connectivity index (χ2n) is 9.04. The number of sulfonamides is 1. The smallest absolute Gasteiger partial charge is 0.307 e. The SMILES string of the molecule is Cc1ccc(S(=O)(=O)N2CCN(Cc3cc(CC(=O)O)ccc3OCCC(C)C)CC2)cc1. The highest BCUT2D eigenvalue weighted by molar-refractivity contribution is 7.89. The molecule has 7 nitrogen and oxygen atoms in total. The molecule has 0 bridgehead atoms. The number of hydrogen-bond donors (Lipinski definition) is 1. The van der Waals surface area contributed by atoms with Crippen LogP contribution in [0.15, 0.2) is 47.4 Å². The first kappa shape index (κ1) is 25.2. The molecule has 1 fully saturated rings. The van der Waals surface area contributed by atoms with Crippen LogP contribution in [0.2, 0.25) is 0 Å². The molecule has 0 atom stereocenters. The minimum absolute atomic E-state index is 0.0398. The van der Waals surface area contributed by atoms with Crippen LogP contribution >= 0.6 is 0 Å². The lowest BCUT2D eigenvalue weighted by Crippen LogP contribution is -2.48. The molecule has 0 amide bonds. The number of aliphatic carboxylic acids is 1. The van der Waals surface area contributed by atoms with Crippen LogP contribution in [-0.4, -0.2) is 61.5 Å². The van der Waals surface area contributed by atoms with E-state index in [9.17, 15) is 13.2 Å². The maximum atomic E-state index is 13.0. The average molecular weight is 475 g/mol. The average Bonchev–Trinajstić information content (AvgIpc) is 2.75. The normalized spacial score (nSPS) is 15.6. The second kappa shape index (κ2) is 11.1. The van der Waals surface area contributed by atoms with Crippen molar-refractivity contribution in [2.75, 3.05) is 32.8 Å². The molecular formula is C25H34N2O5S. The zero-order chi connectivity index (χ0) is 24.0. The summed E-state index contributed by atoms with van der Waals surface area (Å²) in [5, 5.41) is 9.16. The summed E-state index contributed by atoms with van der Waals surface area (Å²) >= 11 is 0. The van der Waals surface area contributed by atoms with Gasteiger partial charge >= 0.3 is 5.97 Å². The van der Waals surface area contributed by atoms with Gasteiger partial charge in [-0.05, 0) is 43.0 Å². The fourth-order valence-corrected chi connectivity index (χ4v) is 5.24. The molecule has 2 aromatic rings. The van der Waals surface area contributed by atoms with Gasteiger partial charge in [0.1, 0.15) is 5.75 Å². The maximum absolute atomic E-state index is 13.0. The Morgan fingerprint density at radius 1 is 1.06 bits per heavy atom. The van der Waals surface area contributed by atoms with Gasteiger partial charge in [-0.25, -0.2) is 8.42 Å². The van der Waals surface area contributed by atoms with Crippen LogP contribution in [0.5, 0.6) is 5.75 Å². The minimum atomic E-state index is -3.51. The summed E-state index contributed by atoms with van der Waals surface area (Å²) in [6.45, 7) is 9.42. The Kier molecular flexibility index (Phi) is 8.51. The molecule has 2 aromatic carbocycles. The maximum Gasteiger partial charge on any atom is 0.307 e. The molecule has 0 unspecified atom stereocenters. The van der Waals surface area contributed by atoms with E-state index in [2.05, 4.69) is 18.7 Å². The summed E-state index contributed by atoms with van der Waals surface area (Å²) in [6.07, 6.45) is 0.897. The van der Waals surface area contributed by atoms with Crippen molar-refractivity contribution in [3.63, 3.8) is 0 Å². The number of carboxylic acid groups (broad SMARTS) is 1. The Morgan fingerprint density at radius 3 is 2.33 bits per heavy atom. The molecule has 1 aliphatic heterocycles. The number of ether oxygens (including phenoxy) is 1. The molecule has 0 spiro atoms. The number of carboxylic acids is 1. The Morgan fingerprint density at radius 2 is 1.73 bits per heavy atom. The van der Waals surface area contributed by atoms with Gasteiger partial charge in [-0.2, -0.15) is 4.31 Å². The van der Waals surface area contributed by atoms with E-state index in [-0.39, 0.29) is 6.42 Å². The van der Waals surface area contributed by atoms with E-state index in [1.165, 1.54) is 4.31 Å². The van der Waals surface area contributed by atoms with Crippen LogP contribution in [0.25, 0.3) is 0 Å². The van der Waals surface area contributed by atoms with E-state index in [0.29, 0.717) is 50.1 Å². The van der Waals surface area contributed by atoms with Crippen molar-refractivity contribution in [1.29, 1.82) is 0 Å². The lowest BCUT2D eigenvalue weighted by Gasteiger charge is -2.34. The molecule has 1 N–H and O–H groups in total. The van der Waals surface area contributed by atoms with Crippen LogP contribution in [-0.2, 0) is 27.8 Å². The van der Waals surface area contributed by atoms with Crippen LogP contribution in [0.4, 0.5) is 0 Å². The zero-order valence-corrected chi connectivity index (χ0v) is 20.5. The number of hydrogen-bond acceptors (Lipinski definition) is 5. The first-order chi connectivity index (χ1) is 15.6. The first-order valence-corrected chi connectivity index (χ1v) is 12.8. The van der Waals surface area contributed by atoms with E-state index in [1.54, 1.807) is 18.2 Å². The quantitative estimate of drug-likeness (QED) is 0.567. The molecule has 0 aromatic heterocycles. The van der Waals surface area contributed by atoms with Gasteiger partial charge in [0, 0.05) is 38.3 Å². The van der Waals surface area contributed by atoms with Crippen molar-refractivity contribution in [2.24, 2.45) is 5.92 Å². The second-order valence-corrected chi connectivity index (χ2v) is 11.0. The van der Waals surface area contributed by atoms with Gasteiger partial charge in [-0.1, -0.05) is 43.7 Å². The molecule has 8 heteroatoms. The zero-order valence-electron chi connectivity index (χ0n) is 19.7. The summed E-state index contributed by atoms with van der Waals surface area (Å²) in [4.78, 5) is 13.7. The summed E-state index contributed by atoms with van der Waals surface area (Å²) in [7, 11) is -3.51. The topological polar surface area (TPSA) is 87.2 Å². The van der Waals surface area contributed by atoms with E-state index in [1.807, 2.05) is 31.2 Å².